The molecule has 0 aromatic heterocycles. The second-order valence-corrected chi connectivity index (χ2v) is 6.76. The Morgan fingerprint density at radius 1 is 1.12 bits per heavy atom. The summed E-state index contributed by atoms with van der Waals surface area (Å²) in [7, 11) is 1.81. The van der Waals surface area contributed by atoms with Gasteiger partial charge in [-0.15, -0.1) is 0 Å². The molecule has 1 fully saturated rings. The van der Waals surface area contributed by atoms with Crippen LogP contribution in [0.5, 0.6) is 5.75 Å². The van der Waals surface area contributed by atoms with E-state index in [-0.39, 0.29) is 23.6 Å². The number of nitrogens with one attached hydrogen (secondary N) is 1. The highest BCUT2D eigenvalue weighted by molar-refractivity contribution is 5.91. The Hall–Kier alpha value is -2.66. The Kier molecular flexibility index (Phi) is 4.59. The number of hydrogen-bond acceptors (Lipinski definition) is 4. The zero-order valence-electron chi connectivity index (χ0n) is 14.7. The molecular formula is C20H22N2O3. The smallest absolute Gasteiger partial charge is 0.343 e. The van der Waals surface area contributed by atoms with E-state index in [2.05, 4.69) is 5.32 Å². The van der Waals surface area contributed by atoms with Crippen molar-refractivity contribution in [3.05, 3.63) is 65.7 Å². The average Bonchev–Trinajstić information content (AvgIpc) is 2.80. The van der Waals surface area contributed by atoms with Crippen molar-refractivity contribution in [1.29, 1.82) is 0 Å². The Labute approximate surface area is 147 Å². The molecule has 0 saturated carbocycles. The van der Waals surface area contributed by atoms with Gasteiger partial charge in [0.25, 0.3) is 0 Å². The van der Waals surface area contributed by atoms with Crippen LogP contribution in [0.3, 0.4) is 0 Å². The van der Waals surface area contributed by atoms with Gasteiger partial charge in [-0.05, 0) is 50.1 Å². The number of ether oxygens (including phenoxy) is 1. The molecule has 0 radical (unpaired) electrons. The molecule has 130 valence electrons. The highest BCUT2D eigenvalue weighted by Crippen LogP contribution is 2.22. The van der Waals surface area contributed by atoms with Crippen LogP contribution >= 0.6 is 0 Å². The maximum absolute atomic E-state index is 12.3. The van der Waals surface area contributed by atoms with Crippen molar-refractivity contribution in [3.8, 4) is 5.75 Å². The molecule has 0 unspecified atom stereocenters. The number of esters is 1. The lowest BCUT2D eigenvalue weighted by Crippen LogP contribution is -2.45. The van der Waals surface area contributed by atoms with E-state index in [9.17, 15) is 9.59 Å². The molecule has 1 heterocycles. The molecule has 1 atom stereocenters. The Balaban J connectivity index is 1.63. The van der Waals surface area contributed by atoms with Crippen LogP contribution in [0.1, 0.15) is 29.8 Å². The summed E-state index contributed by atoms with van der Waals surface area (Å²) in [6, 6.07) is 15.9. The first kappa shape index (κ1) is 17.2. The van der Waals surface area contributed by atoms with Crippen molar-refractivity contribution in [3.63, 3.8) is 0 Å². The average molecular weight is 338 g/mol. The lowest BCUT2D eigenvalue weighted by Gasteiger charge is -2.27. The molecule has 2 aromatic rings. The first-order chi connectivity index (χ1) is 11.9. The van der Waals surface area contributed by atoms with Crippen LogP contribution in [-0.4, -0.2) is 35.5 Å². The molecule has 1 saturated heterocycles. The number of rotatable bonds is 4. The number of nitrogens with zero attached hydrogens (tertiary/aromatic N) is 1. The summed E-state index contributed by atoms with van der Waals surface area (Å²) in [4.78, 5) is 26.1. The standard InChI is InChI=1S/C20H22N2O3/c1-20(2)21-17(18(23)22(20)3)13-14-9-11-16(12-10-14)25-19(24)15-7-5-4-6-8-15/h4-12,17,21H,13H2,1-3H3/t17-/m0/s1. The summed E-state index contributed by atoms with van der Waals surface area (Å²) in [6.45, 7) is 3.97. The molecule has 1 aliphatic rings. The third-order valence-electron chi connectivity index (χ3n) is 4.58. The largest absolute Gasteiger partial charge is 0.423 e. The van der Waals surface area contributed by atoms with Crippen LogP contribution in [0.15, 0.2) is 54.6 Å². The second-order valence-electron chi connectivity index (χ2n) is 6.76. The van der Waals surface area contributed by atoms with Crippen molar-refractivity contribution in [2.24, 2.45) is 0 Å². The van der Waals surface area contributed by atoms with Crippen LogP contribution < -0.4 is 10.1 Å². The van der Waals surface area contributed by atoms with Gasteiger partial charge in [0.1, 0.15) is 5.75 Å². The fraction of sp³-hybridized carbons (Fsp3) is 0.300. The van der Waals surface area contributed by atoms with Gasteiger partial charge in [0.2, 0.25) is 5.91 Å². The van der Waals surface area contributed by atoms with E-state index in [0.29, 0.717) is 17.7 Å². The van der Waals surface area contributed by atoms with E-state index < -0.39 is 0 Å². The van der Waals surface area contributed by atoms with E-state index in [0.717, 1.165) is 5.56 Å². The highest BCUT2D eigenvalue weighted by Gasteiger charge is 2.41. The van der Waals surface area contributed by atoms with Crippen LogP contribution in [0.4, 0.5) is 0 Å². The van der Waals surface area contributed by atoms with Gasteiger partial charge in [-0.1, -0.05) is 30.3 Å². The molecule has 1 amide bonds. The Morgan fingerprint density at radius 2 is 1.76 bits per heavy atom. The SMILES string of the molecule is CN1C(=O)[C@H](Cc2ccc(OC(=O)c3ccccc3)cc2)NC1(C)C. The van der Waals surface area contributed by atoms with E-state index >= 15 is 0 Å². The highest BCUT2D eigenvalue weighted by atomic mass is 16.5. The molecule has 1 aliphatic heterocycles. The van der Waals surface area contributed by atoms with Gasteiger partial charge in [0, 0.05) is 7.05 Å². The minimum atomic E-state index is -0.385. The van der Waals surface area contributed by atoms with E-state index in [4.69, 9.17) is 4.74 Å². The lowest BCUT2D eigenvalue weighted by atomic mass is 10.1. The fourth-order valence-corrected chi connectivity index (χ4v) is 2.90. The fourth-order valence-electron chi connectivity index (χ4n) is 2.90. The van der Waals surface area contributed by atoms with Crippen molar-refractivity contribution in [2.75, 3.05) is 7.05 Å². The van der Waals surface area contributed by atoms with Crippen molar-refractivity contribution >= 4 is 11.9 Å². The van der Waals surface area contributed by atoms with Gasteiger partial charge in [-0.2, -0.15) is 0 Å². The molecule has 0 bridgehead atoms. The predicted molar refractivity (Wildman–Crippen MR) is 95.3 cm³/mol. The van der Waals surface area contributed by atoms with Gasteiger partial charge < -0.3 is 9.64 Å². The van der Waals surface area contributed by atoms with Gasteiger partial charge in [-0.3, -0.25) is 10.1 Å². The van der Waals surface area contributed by atoms with Gasteiger partial charge >= 0.3 is 5.97 Å². The Morgan fingerprint density at radius 3 is 2.32 bits per heavy atom. The first-order valence-corrected chi connectivity index (χ1v) is 8.28. The zero-order valence-corrected chi connectivity index (χ0v) is 14.7. The minimum absolute atomic E-state index is 0.0876. The number of carbonyl (C=O) groups excluding carboxylic acids is 2. The number of likely N-dealkylation sites (N-methyl/N-ethyl adjacent to an activating group) is 1. The van der Waals surface area contributed by atoms with Crippen LogP contribution in [0, 0.1) is 0 Å². The lowest BCUT2D eigenvalue weighted by molar-refractivity contribution is -0.129. The molecule has 5 heteroatoms. The summed E-state index contributed by atoms with van der Waals surface area (Å²) in [5.74, 6) is 0.190. The number of benzene rings is 2. The first-order valence-electron chi connectivity index (χ1n) is 8.28. The predicted octanol–water partition coefficient (Wildman–Crippen LogP) is 2.61. The molecule has 3 rings (SSSR count). The van der Waals surface area contributed by atoms with Gasteiger partial charge in [-0.25, -0.2) is 4.79 Å². The molecular weight excluding hydrogens is 316 g/mol. The molecule has 2 aromatic carbocycles. The minimum Gasteiger partial charge on any atom is -0.423 e. The van der Waals surface area contributed by atoms with Crippen molar-refractivity contribution in [2.45, 2.75) is 32.0 Å². The van der Waals surface area contributed by atoms with Gasteiger partial charge in [0.15, 0.2) is 0 Å². The van der Waals surface area contributed by atoms with E-state index in [1.165, 1.54) is 0 Å². The van der Waals surface area contributed by atoms with Gasteiger partial charge in [0.05, 0.1) is 17.3 Å². The molecule has 1 N–H and O–H groups in total. The summed E-state index contributed by atoms with van der Waals surface area (Å²) in [6.07, 6.45) is 0.597. The molecule has 5 nitrogen and oxygen atoms in total. The molecule has 0 spiro atoms. The third kappa shape index (κ3) is 3.72. The zero-order chi connectivity index (χ0) is 18.0. The summed E-state index contributed by atoms with van der Waals surface area (Å²) < 4.78 is 5.37. The number of hydrogen-bond donors (Lipinski definition) is 1. The second kappa shape index (κ2) is 6.69. The summed E-state index contributed by atoms with van der Waals surface area (Å²) in [5, 5.41) is 3.34. The molecule has 25 heavy (non-hydrogen) atoms. The van der Waals surface area contributed by atoms with Crippen LogP contribution in [0.25, 0.3) is 0 Å². The third-order valence-corrected chi connectivity index (χ3v) is 4.58. The maximum Gasteiger partial charge on any atom is 0.343 e. The number of carbonyl (C=O) groups is 2. The normalized spacial score (nSPS) is 19.1. The monoisotopic (exact) mass is 338 g/mol. The summed E-state index contributed by atoms with van der Waals surface area (Å²) >= 11 is 0. The molecule has 0 aliphatic carbocycles. The van der Waals surface area contributed by atoms with Crippen LogP contribution in [0.2, 0.25) is 0 Å². The Bertz CT molecular complexity index is 769. The number of amides is 1. The van der Waals surface area contributed by atoms with E-state index in [1.807, 2.05) is 39.1 Å². The van der Waals surface area contributed by atoms with Crippen molar-refractivity contribution in [1.82, 2.24) is 10.2 Å². The topological polar surface area (TPSA) is 58.6 Å². The van der Waals surface area contributed by atoms with E-state index in [1.54, 1.807) is 41.3 Å². The maximum atomic E-state index is 12.3. The van der Waals surface area contributed by atoms with Crippen LogP contribution in [-0.2, 0) is 11.2 Å². The quantitative estimate of drug-likeness (QED) is 0.688. The van der Waals surface area contributed by atoms with Crippen molar-refractivity contribution < 1.29 is 14.3 Å². The summed E-state index contributed by atoms with van der Waals surface area (Å²) in [5.41, 5.74) is 1.18.